The third kappa shape index (κ3) is 4.05. The van der Waals surface area contributed by atoms with Crippen LogP contribution in [-0.2, 0) is 0 Å². The van der Waals surface area contributed by atoms with Crippen LogP contribution in [0.3, 0.4) is 0 Å². The quantitative estimate of drug-likeness (QED) is 0.784. The van der Waals surface area contributed by atoms with Crippen LogP contribution in [0.25, 0.3) is 0 Å². The maximum Gasteiger partial charge on any atom is 0.231 e. The van der Waals surface area contributed by atoms with Crippen molar-refractivity contribution in [1.29, 1.82) is 0 Å². The molecular formula is C11H22N6. The van der Waals surface area contributed by atoms with Crippen LogP contribution < -0.4 is 15.5 Å². The van der Waals surface area contributed by atoms with Gasteiger partial charge < -0.3 is 15.5 Å². The van der Waals surface area contributed by atoms with Crippen molar-refractivity contribution in [1.82, 2.24) is 15.0 Å². The Morgan fingerprint density at radius 3 is 2.35 bits per heavy atom. The molecule has 0 radical (unpaired) electrons. The number of hydrogen-bond acceptors (Lipinski definition) is 6. The molecule has 96 valence electrons. The molecule has 2 N–H and O–H groups in total. The molecule has 6 heteroatoms. The highest BCUT2D eigenvalue weighted by Crippen LogP contribution is 2.12. The van der Waals surface area contributed by atoms with Crippen LogP contribution in [0.4, 0.5) is 17.8 Å². The summed E-state index contributed by atoms with van der Waals surface area (Å²) in [5.41, 5.74) is 0. The van der Waals surface area contributed by atoms with Crippen molar-refractivity contribution in [2.45, 2.75) is 32.7 Å². The summed E-state index contributed by atoms with van der Waals surface area (Å²) in [7, 11) is 5.62. The molecule has 0 aliphatic carbocycles. The smallest absolute Gasteiger partial charge is 0.231 e. The van der Waals surface area contributed by atoms with Gasteiger partial charge in [0, 0.05) is 27.2 Å². The number of nitrogens with zero attached hydrogens (tertiary/aromatic N) is 4. The van der Waals surface area contributed by atoms with Gasteiger partial charge in [0.2, 0.25) is 17.8 Å². The maximum atomic E-state index is 4.36. The fraction of sp³-hybridized carbons (Fsp3) is 0.727. The summed E-state index contributed by atoms with van der Waals surface area (Å²) >= 11 is 0. The van der Waals surface area contributed by atoms with Crippen molar-refractivity contribution in [3.8, 4) is 0 Å². The second-order valence-corrected chi connectivity index (χ2v) is 4.26. The van der Waals surface area contributed by atoms with Crippen LogP contribution in [0.1, 0.15) is 26.7 Å². The van der Waals surface area contributed by atoms with Crippen LogP contribution in [0.5, 0.6) is 0 Å². The molecule has 1 aromatic heterocycles. The largest absolute Gasteiger partial charge is 0.357 e. The van der Waals surface area contributed by atoms with Gasteiger partial charge in [-0.15, -0.1) is 0 Å². The second kappa shape index (κ2) is 6.22. The zero-order chi connectivity index (χ0) is 12.8. The molecule has 0 fully saturated rings. The van der Waals surface area contributed by atoms with E-state index >= 15 is 0 Å². The minimum atomic E-state index is 0.363. The van der Waals surface area contributed by atoms with E-state index in [0.29, 0.717) is 23.9 Å². The summed E-state index contributed by atoms with van der Waals surface area (Å²) in [5, 5.41) is 6.22. The highest BCUT2D eigenvalue weighted by Gasteiger charge is 2.09. The van der Waals surface area contributed by atoms with Crippen LogP contribution in [-0.4, -0.2) is 42.1 Å². The Kier molecular flexibility index (Phi) is 4.93. The minimum Gasteiger partial charge on any atom is -0.357 e. The van der Waals surface area contributed by atoms with E-state index < -0.39 is 0 Å². The molecule has 17 heavy (non-hydrogen) atoms. The molecule has 0 aromatic carbocycles. The van der Waals surface area contributed by atoms with Gasteiger partial charge in [-0.05, 0) is 13.3 Å². The van der Waals surface area contributed by atoms with Crippen LogP contribution in [0.15, 0.2) is 0 Å². The Balaban J connectivity index is 2.87. The summed E-state index contributed by atoms with van der Waals surface area (Å²) in [6.45, 7) is 4.29. The first kappa shape index (κ1) is 13.5. The number of anilines is 3. The average molecular weight is 238 g/mol. The number of aromatic nitrogens is 3. The van der Waals surface area contributed by atoms with Crippen molar-refractivity contribution in [2.75, 3.05) is 36.7 Å². The summed E-state index contributed by atoms with van der Waals surface area (Å²) < 4.78 is 0. The second-order valence-electron chi connectivity index (χ2n) is 4.26. The standard InChI is InChI=1S/C11H22N6/c1-6-7-8(2)13-10-14-9(12-3)15-11(16-10)17(4)5/h8H,6-7H2,1-5H3,(H2,12,13,14,15,16). The third-order valence-electron chi connectivity index (χ3n) is 2.34. The predicted molar refractivity (Wildman–Crippen MR) is 71.7 cm³/mol. The van der Waals surface area contributed by atoms with Crippen LogP contribution in [0.2, 0.25) is 0 Å². The summed E-state index contributed by atoms with van der Waals surface area (Å²) in [6, 6.07) is 0.363. The van der Waals surface area contributed by atoms with E-state index in [1.165, 1.54) is 0 Å². The first-order chi connectivity index (χ1) is 8.06. The molecule has 0 aliphatic rings. The molecular weight excluding hydrogens is 216 g/mol. The molecule has 1 heterocycles. The Morgan fingerprint density at radius 1 is 1.18 bits per heavy atom. The Bertz CT molecular complexity index is 352. The van der Waals surface area contributed by atoms with Crippen LogP contribution in [0, 0.1) is 0 Å². The Morgan fingerprint density at radius 2 is 1.82 bits per heavy atom. The van der Waals surface area contributed by atoms with Crippen molar-refractivity contribution < 1.29 is 0 Å². The molecule has 0 bridgehead atoms. The van der Waals surface area contributed by atoms with Gasteiger partial charge in [0.05, 0.1) is 0 Å². The lowest BCUT2D eigenvalue weighted by Gasteiger charge is -2.16. The summed E-state index contributed by atoms with van der Waals surface area (Å²) in [6.07, 6.45) is 2.23. The van der Waals surface area contributed by atoms with Crippen LogP contribution >= 0.6 is 0 Å². The fourth-order valence-corrected chi connectivity index (χ4v) is 1.47. The van der Waals surface area contributed by atoms with Crippen molar-refractivity contribution in [3.63, 3.8) is 0 Å². The molecule has 1 rings (SSSR count). The van der Waals surface area contributed by atoms with Gasteiger partial charge in [-0.3, -0.25) is 0 Å². The van der Waals surface area contributed by atoms with E-state index in [1.54, 1.807) is 7.05 Å². The van der Waals surface area contributed by atoms with E-state index in [9.17, 15) is 0 Å². The molecule has 0 aliphatic heterocycles. The van der Waals surface area contributed by atoms with Crippen molar-refractivity contribution in [2.24, 2.45) is 0 Å². The van der Waals surface area contributed by atoms with E-state index in [4.69, 9.17) is 0 Å². The van der Waals surface area contributed by atoms with E-state index in [1.807, 2.05) is 19.0 Å². The topological polar surface area (TPSA) is 66.0 Å². The van der Waals surface area contributed by atoms with Gasteiger partial charge in [0.25, 0.3) is 0 Å². The highest BCUT2D eigenvalue weighted by molar-refractivity contribution is 5.42. The van der Waals surface area contributed by atoms with E-state index in [2.05, 4.69) is 39.4 Å². The van der Waals surface area contributed by atoms with Gasteiger partial charge in [-0.2, -0.15) is 15.0 Å². The van der Waals surface area contributed by atoms with Gasteiger partial charge in [0.1, 0.15) is 0 Å². The molecule has 6 nitrogen and oxygen atoms in total. The molecule has 1 unspecified atom stereocenters. The molecule has 0 saturated heterocycles. The zero-order valence-corrected chi connectivity index (χ0v) is 11.3. The lowest BCUT2D eigenvalue weighted by atomic mass is 10.2. The molecule has 1 aromatic rings. The first-order valence-corrected chi connectivity index (χ1v) is 5.94. The fourth-order valence-electron chi connectivity index (χ4n) is 1.47. The number of hydrogen-bond donors (Lipinski definition) is 2. The number of nitrogens with one attached hydrogen (secondary N) is 2. The Labute approximate surface area is 103 Å². The molecule has 0 saturated carbocycles. The monoisotopic (exact) mass is 238 g/mol. The van der Waals surface area contributed by atoms with Gasteiger partial charge in [-0.25, -0.2) is 0 Å². The lowest BCUT2D eigenvalue weighted by Crippen LogP contribution is -2.20. The summed E-state index contributed by atoms with van der Waals surface area (Å²) in [5.74, 6) is 1.85. The normalized spacial score (nSPS) is 12.1. The molecule has 0 amide bonds. The number of rotatable bonds is 6. The Hall–Kier alpha value is -1.59. The minimum absolute atomic E-state index is 0.363. The molecule has 0 spiro atoms. The third-order valence-corrected chi connectivity index (χ3v) is 2.34. The first-order valence-electron chi connectivity index (χ1n) is 5.94. The van der Waals surface area contributed by atoms with Gasteiger partial charge in [-0.1, -0.05) is 13.3 Å². The summed E-state index contributed by atoms with van der Waals surface area (Å²) in [4.78, 5) is 14.8. The predicted octanol–water partition coefficient (Wildman–Crippen LogP) is 1.58. The van der Waals surface area contributed by atoms with Crippen molar-refractivity contribution >= 4 is 17.8 Å². The van der Waals surface area contributed by atoms with Gasteiger partial charge >= 0.3 is 0 Å². The van der Waals surface area contributed by atoms with E-state index in [-0.39, 0.29) is 0 Å². The van der Waals surface area contributed by atoms with E-state index in [0.717, 1.165) is 12.8 Å². The SMILES string of the molecule is CCCC(C)Nc1nc(NC)nc(N(C)C)n1. The molecule has 1 atom stereocenters. The maximum absolute atomic E-state index is 4.36. The van der Waals surface area contributed by atoms with Crippen molar-refractivity contribution in [3.05, 3.63) is 0 Å². The zero-order valence-electron chi connectivity index (χ0n) is 11.3. The van der Waals surface area contributed by atoms with Gasteiger partial charge in [0.15, 0.2) is 0 Å². The highest BCUT2D eigenvalue weighted by atomic mass is 15.3. The average Bonchev–Trinajstić information content (AvgIpc) is 2.28. The lowest BCUT2D eigenvalue weighted by molar-refractivity contribution is 0.683.